The molecule has 0 saturated carbocycles. The summed E-state index contributed by atoms with van der Waals surface area (Å²) in [5.74, 6) is 1.86. The summed E-state index contributed by atoms with van der Waals surface area (Å²) >= 11 is 0. The Morgan fingerprint density at radius 3 is 1.51 bits per heavy atom. The van der Waals surface area contributed by atoms with Crippen LogP contribution in [-0.4, -0.2) is 15.0 Å². The first-order chi connectivity index (χ1) is 25.2. The van der Waals surface area contributed by atoms with Gasteiger partial charge in [-0.05, 0) is 68.6 Å². The highest BCUT2D eigenvalue weighted by molar-refractivity contribution is 6.19. The van der Waals surface area contributed by atoms with Crippen molar-refractivity contribution in [2.24, 2.45) is 0 Å². The van der Waals surface area contributed by atoms with Crippen molar-refractivity contribution in [1.29, 1.82) is 0 Å². The molecule has 4 heteroatoms. The number of furan rings is 1. The zero-order valence-corrected chi connectivity index (χ0v) is 27.5. The number of benzene rings is 8. The first-order valence-electron chi connectivity index (χ1n) is 17.1. The summed E-state index contributed by atoms with van der Waals surface area (Å²) in [7, 11) is 0. The van der Waals surface area contributed by atoms with Gasteiger partial charge in [0.15, 0.2) is 17.5 Å². The lowest BCUT2D eigenvalue weighted by Crippen LogP contribution is -2.00. The van der Waals surface area contributed by atoms with Crippen LogP contribution in [-0.2, 0) is 0 Å². The largest absolute Gasteiger partial charge is 0.455 e. The average molecular weight is 652 g/mol. The number of fused-ring (bicyclic) bond motifs is 5. The van der Waals surface area contributed by atoms with E-state index in [4.69, 9.17) is 19.4 Å². The number of nitrogens with zero attached hydrogens (tertiary/aromatic N) is 3. The van der Waals surface area contributed by atoms with Crippen molar-refractivity contribution in [2.45, 2.75) is 0 Å². The Kier molecular flexibility index (Phi) is 6.78. The fourth-order valence-electron chi connectivity index (χ4n) is 7.15. The number of hydrogen-bond donors (Lipinski definition) is 0. The summed E-state index contributed by atoms with van der Waals surface area (Å²) in [5.41, 5.74) is 9.02. The highest BCUT2D eigenvalue weighted by Gasteiger charge is 2.19. The maximum Gasteiger partial charge on any atom is 0.164 e. The maximum atomic E-state index is 6.86. The third-order valence-electron chi connectivity index (χ3n) is 9.68. The molecular formula is C47H29N3O. The minimum Gasteiger partial charge on any atom is -0.455 e. The van der Waals surface area contributed by atoms with Crippen molar-refractivity contribution < 1.29 is 4.42 Å². The molecule has 2 heterocycles. The van der Waals surface area contributed by atoms with E-state index in [-0.39, 0.29) is 0 Å². The first-order valence-corrected chi connectivity index (χ1v) is 17.1. The fraction of sp³-hybridized carbons (Fsp3) is 0. The van der Waals surface area contributed by atoms with Gasteiger partial charge in [0.2, 0.25) is 0 Å². The predicted molar refractivity (Wildman–Crippen MR) is 209 cm³/mol. The lowest BCUT2D eigenvalue weighted by atomic mass is 9.93. The smallest absolute Gasteiger partial charge is 0.164 e. The molecule has 0 amide bonds. The van der Waals surface area contributed by atoms with E-state index in [0.717, 1.165) is 55.1 Å². The molecule has 8 aromatic carbocycles. The molecule has 0 N–H and O–H groups in total. The van der Waals surface area contributed by atoms with Gasteiger partial charge in [-0.2, -0.15) is 0 Å². The monoisotopic (exact) mass is 651 g/mol. The summed E-state index contributed by atoms with van der Waals surface area (Å²) in [4.78, 5) is 14.8. The molecule has 51 heavy (non-hydrogen) atoms. The molecular weight excluding hydrogens is 623 g/mol. The molecule has 0 bridgehead atoms. The fourth-order valence-corrected chi connectivity index (χ4v) is 7.15. The Morgan fingerprint density at radius 1 is 0.314 bits per heavy atom. The zero-order chi connectivity index (χ0) is 33.7. The normalized spacial score (nSPS) is 11.5. The van der Waals surface area contributed by atoms with E-state index in [1.54, 1.807) is 0 Å². The van der Waals surface area contributed by atoms with Gasteiger partial charge < -0.3 is 4.42 Å². The lowest BCUT2D eigenvalue weighted by molar-refractivity contribution is 0.670. The van der Waals surface area contributed by atoms with Gasteiger partial charge in [0, 0.05) is 33.0 Å². The van der Waals surface area contributed by atoms with Crippen LogP contribution in [0.3, 0.4) is 0 Å². The van der Waals surface area contributed by atoms with Gasteiger partial charge in [-0.25, -0.2) is 15.0 Å². The summed E-state index contributed by atoms with van der Waals surface area (Å²) in [6, 6.07) is 61.1. The number of hydrogen-bond acceptors (Lipinski definition) is 4. The van der Waals surface area contributed by atoms with Crippen molar-refractivity contribution in [1.82, 2.24) is 15.0 Å². The Bertz CT molecular complexity index is 2840. The van der Waals surface area contributed by atoms with Gasteiger partial charge in [0.05, 0.1) is 0 Å². The Morgan fingerprint density at radius 2 is 0.843 bits per heavy atom. The SMILES string of the molecule is c1ccc(-c2ccc3cc(-c4c5ccccc5cc5c4oc4cc(-c6nc(-c7ccccc7)nc(-c7ccccc7)n6)ccc45)ccc3c2)cc1. The third-order valence-corrected chi connectivity index (χ3v) is 9.68. The standard InChI is InChI=1S/C47H29N3O/c1-4-12-30(13-5-1)33-20-21-35-27-37(23-22-34(35)26-33)43-39-19-11-10-18-36(39)28-41-40-25-24-38(29-42(40)51-44(41)43)47-49-45(31-14-6-2-7-15-31)48-46(50-47)32-16-8-3-9-17-32/h1-29H. The van der Waals surface area contributed by atoms with Crippen LogP contribution < -0.4 is 0 Å². The minimum absolute atomic E-state index is 0.597. The third kappa shape index (κ3) is 5.13. The van der Waals surface area contributed by atoms with Gasteiger partial charge in [-0.1, -0.05) is 146 Å². The van der Waals surface area contributed by atoms with Crippen LogP contribution in [0.2, 0.25) is 0 Å². The zero-order valence-electron chi connectivity index (χ0n) is 27.5. The van der Waals surface area contributed by atoms with E-state index in [9.17, 15) is 0 Å². The molecule has 10 aromatic rings. The summed E-state index contributed by atoms with van der Waals surface area (Å²) in [6.07, 6.45) is 0. The molecule has 0 fully saturated rings. The second-order valence-electron chi connectivity index (χ2n) is 12.8. The average Bonchev–Trinajstić information content (AvgIpc) is 3.57. The second-order valence-corrected chi connectivity index (χ2v) is 12.8. The van der Waals surface area contributed by atoms with Crippen LogP contribution in [0.4, 0.5) is 0 Å². The van der Waals surface area contributed by atoms with Crippen molar-refractivity contribution in [2.75, 3.05) is 0 Å². The molecule has 0 saturated heterocycles. The highest BCUT2D eigenvalue weighted by Crippen LogP contribution is 2.43. The van der Waals surface area contributed by atoms with Crippen LogP contribution in [0, 0.1) is 0 Å². The second kappa shape index (κ2) is 11.9. The molecule has 0 aliphatic heterocycles. The van der Waals surface area contributed by atoms with E-state index < -0.39 is 0 Å². The predicted octanol–water partition coefficient (Wildman–Crippen LogP) is 12.4. The Hall–Kier alpha value is -6.91. The van der Waals surface area contributed by atoms with Crippen LogP contribution in [0.5, 0.6) is 0 Å². The quantitative estimate of drug-likeness (QED) is 0.186. The van der Waals surface area contributed by atoms with Gasteiger partial charge in [0.1, 0.15) is 11.2 Å². The van der Waals surface area contributed by atoms with Crippen LogP contribution in [0.1, 0.15) is 0 Å². The molecule has 0 spiro atoms. The topological polar surface area (TPSA) is 51.8 Å². The van der Waals surface area contributed by atoms with Crippen LogP contribution in [0.25, 0.3) is 99.9 Å². The number of rotatable bonds is 5. The highest BCUT2D eigenvalue weighted by atomic mass is 16.3. The van der Waals surface area contributed by atoms with Gasteiger partial charge in [0.25, 0.3) is 0 Å². The summed E-state index contributed by atoms with van der Waals surface area (Å²) in [6.45, 7) is 0. The van der Waals surface area contributed by atoms with Crippen molar-refractivity contribution in [3.8, 4) is 56.4 Å². The molecule has 10 rings (SSSR count). The van der Waals surface area contributed by atoms with Crippen LogP contribution >= 0.6 is 0 Å². The van der Waals surface area contributed by atoms with Gasteiger partial charge in [-0.15, -0.1) is 0 Å². The molecule has 4 nitrogen and oxygen atoms in total. The molecule has 2 aromatic heterocycles. The molecule has 0 radical (unpaired) electrons. The Balaban J connectivity index is 1.14. The molecule has 238 valence electrons. The van der Waals surface area contributed by atoms with Crippen molar-refractivity contribution >= 4 is 43.5 Å². The maximum absolute atomic E-state index is 6.86. The van der Waals surface area contributed by atoms with Gasteiger partial charge >= 0.3 is 0 Å². The van der Waals surface area contributed by atoms with E-state index >= 15 is 0 Å². The molecule has 0 aliphatic carbocycles. The molecule has 0 atom stereocenters. The van der Waals surface area contributed by atoms with E-state index in [0.29, 0.717) is 17.5 Å². The minimum atomic E-state index is 0.597. The van der Waals surface area contributed by atoms with Crippen LogP contribution in [0.15, 0.2) is 180 Å². The van der Waals surface area contributed by atoms with Crippen molar-refractivity contribution in [3.63, 3.8) is 0 Å². The van der Waals surface area contributed by atoms with E-state index in [1.165, 1.54) is 27.3 Å². The van der Waals surface area contributed by atoms with Crippen molar-refractivity contribution in [3.05, 3.63) is 176 Å². The number of aromatic nitrogens is 3. The van der Waals surface area contributed by atoms with Gasteiger partial charge in [-0.3, -0.25) is 0 Å². The summed E-state index contributed by atoms with van der Waals surface area (Å²) in [5, 5.41) is 6.84. The van der Waals surface area contributed by atoms with E-state index in [1.807, 2.05) is 60.7 Å². The molecule has 0 aliphatic rings. The molecule has 0 unspecified atom stereocenters. The van der Waals surface area contributed by atoms with E-state index in [2.05, 4.69) is 115 Å². The first kappa shape index (κ1) is 29.0. The lowest BCUT2D eigenvalue weighted by Gasteiger charge is -2.11. The Labute approximate surface area is 294 Å². The summed E-state index contributed by atoms with van der Waals surface area (Å²) < 4.78 is 6.86.